The molecule has 0 saturated carbocycles. The van der Waals surface area contributed by atoms with Crippen LogP contribution >= 0.6 is 0 Å². The minimum atomic E-state index is -1.00. The molecular weight excluding hydrogens is 468 g/mol. The third kappa shape index (κ3) is 5.61. The lowest BCUT2D eigenvalue weighted by Crippen LogP contribution is -2.51. The highest BCUT2D eigenvalue weighted by Crippen LogP contribution is 2.36. The van der Waals surface area contributed by atoms with Crippen LogP contribution in [0.5, 0.6) is 5.75 Å². The molecule has 1 N–H and O–H groups in total. The minimum Gasteiger partial charge on any atom is -0.495 e. The number of carbonyl (C=O) groups is 2. The Bertz CT molecular complexity index is 1400. The average molecular weight is 501 g/mol. The summed E-state index contributed by atoms with van der Waals surface area (Å²) in [5, 5.41) is 11.5. The molecule has 2 aromatic heterocycles. The maximum absolute atomic E-state index is 14.2. The number of rotatable bonds is 9. The number of nitrogens with zero attached hydrogens (tertiary/aromatic N) is 5. The molecule has 9 heteroatoms. The standard InChI is InChI=1S/C28H32N6O3/c1-6-28(3,4)30-27(36)26(20-10-9-15-29-17-20)34(23-16-19(2)13-14-24(23)37-5)25(35)18-33-22-12-8-7-11-21(22)31-32-33/h7-17,26H,6,18H2,1-5H3,(H,30,36). The highest BCUT2D eigenvalue weighted by Gasteiger charge is 2.36. The van der Waals surface area contributed by atoms with Crippen molar-refractivity contribution in [2.45, 2.75) is 52.2 Å². The summed E-state index contributed by atoms with van der Waals surface area (Å²) in [6.07, 6.45) is 3.96. The van der Waals surface area contributed by atoms with Crippen LogP contribution in [0.4, 0.5) is 5.69 Å². The highest BCUT2D eigenvalue weighted by atomic mass is 16.5. The Hall–Kier alpha value is -4.27. The van der Waals surface area contributed by atoms with E-state index < -0.39 is 11.6 Å². The number of nitrogens with one attached hydrogen (secondary N) is 1. The van der Waals surface area contributed by atoms with Crippen LogP contribution in [0.3, 0.4) is 0 Å². The lowest BCUT2D eigenvalue weighted by molar-refractivity contribution is -0.128. The van der Waals surface area contributed by atoms with E-state index >= 15 is 0 Å². The predicted molar refractivity (Wildman–Crippen MR) is 142 cm³/mol. The van der Waals surface area contributed by atoms with Gasteiger partial charge in [0.1, 0.15) is 23.9 Å². The van der Waals surface area contributed by atoms with Crippen LogP contribution in [0.25, 0.3) is 11.0 Å². The van der Waals surface area contributed by atoms with Gasteiger partial charge in [0.2, 0.25) is 11.8 Å². The number of hydrogen-bond acceptors (Lipinski definition) is 6. The van der Waals surface area contributed by atoms with Gasteiger partial charge in [-0.2, -0.15) is 0 Å². The van der Waals surface area contributed by atoms with Crippen molar-refractivity contribution in [2.75, 3.05) is 12.0 Å². The number of pyridine rings is 1. The molecule has 0 aliphatic heterocycles. The van der Waals surface area contributed by atoms with Gasteiger partial charge in [-0.05, 0) is 63.1 Å². The van der Waals surface area contributed by atoms with Crippen LogP contribution in [-0.4, -0.2) is 44.4 Å². The van der Waals surface area contributed by atoms with Gasteiger partial charge in [0.05, 0.1) is 18.3 Å². The average Bonchev–Trinajstić information content (AvgIpc) is 3.30. The number of para-hydroxylation sites is 1. The van der Waals surface area contributed by atoms with Gasteiger partial charge in [-0.3, -0.25) is 19.5 Å². The maximum atomic E-state index is 14.2. The summed E-state index contributed by atoms with van der Waals surface area (Å²) >= 11 is 0. The predicted octanol–water partition coefficient (Wildman–Crippen LogP) is 4.22. The van der Waals surface area contributed by atoms with E-state index in [9.17, 15) is 9.59 Å². The smallest absolute Gasteiger partial charge is 0.249 e. The lowest BCUT2D eigenvalue weighted by atomic mass is 9.98. The van der Waals surface area contributed by atoms with E-state index in [1.54, 1.807) is 42.4 Å². The van der Waals surface area contributed by atoms with Crippen molar-refractivity contribution < 1.29 is 14.3 Å². The second-order valence-electron chi connectivity index (χ2n) is 9.59. The van der Waals surface area contributed by atoms with Gasteiger partial charge < -0.3 is 10.1 Å². The molecule has 0 bridgehead atoms. The molecule has 0 saturated heterocycles. The van der Waals surface area contributed by atoms with Gasteiger partial charge in [0.25, 0.3) is 0 Å². The Morgan fingerprint density at radius 1 is 1.14 bits per heavy atom. The van der Waals surface area contributed by atoms with Gasteiger partial charge >= 0.3 is 0 Å². The van der Waals surface area contributed by atoms with Gasteiger partial charge in [0.15, 0.2) is 0 Å². The van der Waals surface area contributed by atoms with Crippen molar-refractivity contribution in [1.82, 2.24) is 25.3 Å². The third-order valence-corrected chi connectivity index (χ3v) is 6.42. The number of amides is 2. The molecular formula is C28H32N6O3. The number of carbonyl (C=O) groups excluding carboxylic acids is 2. The molecule has 192 valence electrons. The zero-order valence-corrected chi connectivity index (χ0v) is 21.8. The van der Waals surface area contributed by atoms with E-state index in [1.807, 2.05) is 64.1 Å². The van der Waals surface area contributed by atoms with E-state index in [0.717, 1.165) is 11.1 Å². The van der Waals surface area contributed by atoms with E-state index in [-0.39, 0.29) is 18.4 Å². The fraction of sp³-hybridized carbons (Fsp3) is 0.321. The Labute approximate surface area is 216 Å². The van der Waals surface area contributed by atoms with Gasteiger partial charge in [-0.15, -0.1) is 5.10 Å². The number of benzene rings is 2. The van der Waals surface area contributed by atoms with Crippen molar-refractivity contribution in [3.05, 3.63) is 78.1 Å². The Morgan fingerprint density at radius 3 is 2.62 bits per heavy atom. The second-order valence-corrected chi connectivity index (χ2v) is 9.59. The molecule has 0 radical (unpaired) electrons. The summed E-state index contributed by atoms with van der Waals surface area (Å²) in [5.41, 5.74) is 2.90. The third-order valence-electron chi connectivity index (χ3n) is 6.42. The first-order valence-electron chi connectivity index (χ1n) is 12.2. The number of ether oxygens (including phenoxy) is 1. The van der Waals surface area contributed by atoms with Gasteiger partial charge in [-0.1, -0.05) is 36.4 Å². The van der Waals surface area contributed by atoms with Crippen molar-refractivity contribution in [2.24, 2.45) is 0 Å². The zero-order chi connectivity index (χ0) is 26.6. The van der Waals surface area contributed by atoms with Crippen LogP contribution in [0.1, 0.15) is 44.4 Å². The highest BCUT2D eigenvalue weighted by molar-refractivity contribution is 6.02. The van der Waals surface area contributed by atoms with Gasteiger partial charge in [-0.25, -0.2) is 4.68 Å². The number of fused-ring (bicyclic) bond motifs is 1. The number of anilines is 1. The molecule has 1 unspecified atom stereocenters. The SMILES string of the molecule is CCC(C)(C)NC(=O)C(c1cccnc1)N(C(=O)Cn1nnc2ccccc21)c1cc(C)ccc1OC. The van der Waals surface area contributed by atoms with Crippen molar-refractivity contribution in [3.8, 4) is 5.75 Å². The van der Waals surface area contributed by atoms with E-state index in [1.165, 1.54) is 4.90 Å². The normalized spacial score (nSPS) is 12.2. The topological polar surface area (TPSA) is 102 Å². The molecule has 2 heterocycles. The van der Waals surface area contributed by atoms with Crippen LogP contribution in [-0.2, 0) is 16.1 Å². The lowest BCUT2D eigenvalue weighted by Gasteiger charge is -2.35. The molecule has 2 aromatic carbocycles. The van der Waals surface area contributed by atoms with E-state index in [4.69, 9.17) is 4.74 Å². The monoisotopic (exact) mass is 500 g/mol. The summed E-state index contributed by atoms with van der Waals surface area (Å²) < 4.78 is 7.19. The molecule has 2 amide bonds. The van der Waals surface area contributed by atoms with Crippen molar-refractivity contribution >= 4 is 28.5 Å². The van der Waals surface area contributed by atoms with Crippen LogP contribution in [0.2, 0.25) is 0 Å². The number of aromatic nitrogens is 4. The molecule has 4 rings (SSSR count). The van der Waals surface area contributed by atoms with E-state index in [2.05, 4.69) is 20.6 Å². The second kappa shape index (κ2) is 10.8. The molecule has 0 fully saturated rings. The molecule has 9 nitrogen and oxygen atoms in total. The first-order valence-corrected chi connectivity index (χ1v) is 12.2. The molecule has 1 atom stereocenters. The van der Waals surface area contributed by atoms with Crippen LogP contribution in [0, 0.1) is 6.92 Å². The first-order chi connectivity index (χ1) is 17.7. The Balaban J connectivity index is 1.87. The molecule has 37 heavy (non-hydrogen) atoms. The largest absolute Gasteiger partial charge is 0.495 e. The maximum Gasteiger partial charge on any atom is 0.249 e. The first kappa shape index (κ1) is 25.8. The number of hydrogen-bond donors (Lipinski definition) is 1. The molecule has 0 aliphatic carbocycles. The summed E-state index contributed by atoms with van der Waals surface area (Å²) in [7, 11) is 1.54. The number of aryl methyl sites for hydroxylation is 1. The van der Waals surface area contributed by atoms with Crippen molar-refractivity contribution in [3.63, 3.8) is 0 Å². The molecule has 0 aliphatic rings. The Morgan fingerprint density at radius 2 is 1.92 bits per heavy atom. The fourth-order valence-corrected chi connectivity index (χ4v) is 4.09. The molecule has 0 spiro atoms. The van der Waals surface area contributed by atoms with E-state index in [0.29, 0.717) is 28.9 Å². The number of methoxy groups -OCH3 is 1. The fourth-order valence-electron chi connectivity index (χ4n) is 4.09. The van der Waals surface area contributed by atoms with Gasteiger partial charge in [0, 0.05) is 23.5 Å². The molecule has 4 aromatic rings. The Kier molecular flexibility index (Phi) is 7.52. The minimum absolute atomic E-state index is 0.126. The van der Waals surface area contributed by atoms with Crippen LogP contribution < -0.4 is 15.0 Å². The van der Waals surface area contributed by atoms with Crippen LogP contribution in [0.15, 0.2) is 67.0 Å². The summed E-state index contributed by atoms with van der Waals surface area (Å²) in [5.74, 6) is -0.197. The summed E-state index contributed by atoms with van der Waals surface area (Å²) in [6, 6.07) is 15.5. The summed E-state index contributed by atoms with van der Waals surface area (Å²) in [4.78, 5) is 33.8. The quantitative estimate of drug-likeness (QED) is 0.369. The summed E-state index contributed by atoms with van der Waals surface area (Å²) in [6.45, 7) is 7.70. The van der Waals surface area contributed by atoms with Crippen molar-refractivity contribution in [1.29, 1.82) is 0 Å². The zero-order valence-electron chi connectivity index (χ0n) is 21.8.